The van der Waals surface area contributed by atoms with Crippen LogP contribution in [-0.4, -0.2) is 39.4 Å². The maximum absolute atomic E-state index is 14.0. The topological polar surface area (TPSA) is 62.0 Å². The Labute approximate surface area is 199 Å². The summed E-state index contributed by atoms with van der Waals surface area (Å²) in [6, 6.07) is 13.8. The minimum atomic E-state index is -0.810. The number of benzene rings is 1. The van der Waals surface area contributed by atoms with E-state index in [0.29, 0.717) is 5.02 Å². The van der Waals surface area contributed by atoms with Crippen LogP contribution in [0.2, 0.25) is 5.02 Å². The Kier molecular flexibility index (Phi) is 5.69. The number of carboxylic acid groups (broad SMARTS) is 1. The number of carbonyl (C=O) groups excluding carboxylic acids is 1. The van der Waals surface area contributed by atoms with Gasteiger partial charge < -0.3 is 14.4 Å². The number of carbonyl (C=O) groups is 2. The standard InChI is InChI=1S/C27H29ClN2O3/c1-29(26(33)27(13-3-4-14-27)18-7-9-19(28)10-8-18)20-11-12-21-22(17-25(31)32)23-6-2-5-15-30(23)24(21)16-20/h2,5-10,15,20H,3-4,11-14,16-17H2,1H3,(H,31,32)/t20-/m1/s1. The summed E-state index contributed by atoms with van der Waals surface area (Å²) in [6.07, 6.45) is 8.25. The first kappa shape index (κ1) is 22.0. The largest absolute Gasteiger partial charge is 0.481 e. The van der Waals surface area contributed by atoms with Crippen molar-refractivity contribution >= 4 is 29.0 Å². The Morgan fingerprint density at radius 1 is 1.15 bits per heavy atom. The Morgan fingerprint density at radius 3 is 2.58 bits per heavy atom. The molecule has 1 saturated carbocycles. The van der Waals surface area contributed by atoms with E-state index < -0.39 is 11.4 Å². The number of fused-ring (bicyclic) bond motifs is 3. The molecule has 0 spiro atoms. The van der Waals surface area contributed by atoms with Crippen LogP contribution in [0.15, 0.2) is 48.7 Å². The SMILES string of the molecule is CN(C(=O)C1(c2ccc(Cl)cc2)CCCC1)[C@@H]1CCc2c(CC(=O)O)c3ccccn3c2C1. The first-order chi connectivity index (χ1) is 15.9. The summed E-state index contributed by atoms with van der Waals surface area (Å²) in [4.78, 5) is 27.5. The predicted octanol–water partition coefficient (Wildman–Crippen LogP) is 5.05. The maximum Gasteiger partial charge on any atom is 0.307 e. The molecule has 2 aliphatic rings. The third-order valence-corrected chi connectivity index (χ3v) is 8.04. The fraction of sp³-hybridized carbons (Fsp3) is 0.407. The van der Waals surface area contributed by atoms with Crippen LogP contribution in [0.4, 0.5) is 0 Å². The Hall–Kier alpha value is -2.79. The molecule has 1 amide bonds. The molecule has 2 aromatic heterocycles. The van der Waals surface area contributed by atoms with Gasteiger partial charge in [0, 0.05) is 41.9 Å². The summed E-state index contributed by atoms with van der Waals surface area (Å²) < 4.78 is 2.13. The normalized spacial score (nSPS) is 19.4. The Morgan fingerprint density at radius 2 is 1.88 bits per heavy atom. The average molecular weight is 465 g/mol. The Balaban J connectivity index is 1.46. The number of hydrogen-bond acceptors (Lipinski definition) is 2. The third kappa shape index (κ3) is 3.72. The van der Waals surface area contributed by atoms with Crippen molar-refractivity contribution in [3.8, 4) is 0 Å². The van der Waals surface area contributed by atoms with E-state index in [1.807, 2.05) is 60.6 Å². The molecule has 2 heterocycles. The summed E-state index contributed by atoms with van der Waals surface area (Å²) in [7, 11) is 1.95. The lowest BCUT2D eigenvalue weighted by Crippen LogP contribution is -2.49. The van der Waals surface area contributed by atoms with E-state index in [-0.39, 0.29) is 18.4 Å². The molecular formula is C27H29ClN2O3. The fourth-order valence-electron chi connectivity index (χ4n) is 6.11. The second kappa shape index (κ2) is 8.53. The van der Waals surface area contributed by atoms with E-state index in [9.17, 15) is 14.7 Å². The fourth-order valence-corrected chi connectivity index (χ4v) is 6.23. The van der Waals surface area contributed by atoms with Crippen molar-refractivity contribution < 1.29 is 14.7 Å². The van der Waals surface area contributed by atoms with Gasteiger partial charge in [0.2, 0.25) is 5.91 Å². The number of pyridine rings is 1. The molecule has 2 aliphatic carbocycles. The molecule has 0 aliphatic heterocycles. The van der Waals surface area contributed by atoms with Crippen molar-refractivity contribution in [1.29, 1.82) is 0 Å². The average Bonchev–Trinajstić information content (AvgIpc) is 3.43. The number of halogens is 1. The lowest BCUT2D eigenvalue weighted by atomic mass is 9.77. The van der Waals surface area contributed by atoms with Crippen molar-refractivity contribution in [3.63, 3.8) is 0 Å². The van der Waals surface area contributed by atoms with Gasteiger partial charge >= 0.3 is 5.97 Å². The predicted molar refractivity (Wildman–Crippen MR) is 129 cm³/mol. The van der Waals surface area contributed by atoms with Gasteiger partial charge in [-0.05, 0) is 66.6 Å². The van der Waals surface area contributed by atoms with Gasteiger partial charge in [0.15, 0.2) is 0 Å². The van der Waals surface area contributed by atoms with E-state index in [0.717, 1.165) is 72.8 Å². The molecule has 0 bridgehead atoms. The van der Waals surface area contributed by atoms with Gasteiger partial charge in [0.25, 0.3) is 0 Å². The molecule has 0 unspecified atom stereocenters. The van der Waals surface area contributed by atoms with E-state index >= 15 is 0 Å². The van der Waals surface area contributed by atoms with Gasteiger partial charge in [-0.1, -0.05) is 42.6 Å². The number of hydrogen-bond donors (Lipinski definition) is 1. The minimum Gasteiger partial charge on any atom is -0.481 e. The molecule has 1 atom stereocenters. The molecule has 33 heavy (non-hydrogen) atoms. The molecule has 172 valence electrons. The number of aromatic nitrogens is 1. The lowest BCUT2D eigenvalue weighted by molar-refractivity contribution is -0.138. The zero-order valence-corrected chi connectivity index (χ0v) is 19.6. The van der Waals surface area contributed by atoms with Gasteiger partial charge in [-0.25, -0.2) is 0 Å². The quantitative estimate of drug-likeness (QED) is 0.574. The van der Waals surface area contributed by atoms with Crippen LogP contribution >= 0.6 is 11.6 Å². The summed E-state index contributed by atoms with van der Waals surface area (Å²) in [5, 5.41) is 10.1. The first-order valence-corrected chi connectivity index (χ1v) is 12.1. The van der Waals surface area contributed by atoms with Crippen molar-refractivity contribution in [2.24, 2.45) is 0 Å². The Bertz CT molecular complexity index is 1210. The van der Waals surface area contributed by atoms with Crippen LogP contribution in [-0.2, 0) is 34.3 Å². The number of aliphatic carboxylic acids is 1. The molecule has 1 fully saturated rings. The number of likely N-dealkylation sites (N-methyl/N-ethyl adjacent to an activating group) is 1. The highest BCUT2D eigenvalue weighted by Crippen LogP contribution is 2.44. The van der Waals surface area contributed by atoms with Crippen LogP contribution in [0.5, 0.6) is 0 Å². The lowest BCUT2D eigenvalue weighted by Gasteiger charge is -2.38. The van der Waals surface area contributed by atoms with Crippen LogP contribution in [0.3, 0.4) is 0 Å². The van der Waals surface area contributed by atoms with Crippen molar-refractivity contribution in [2.45, 2.75) is 62.8 Å². The molecule has 0 saturated heterocycles. The van der Waals surface area contributed by atoms with E-state index in [4.69, 9.17) is 11.6 Å². The maximum atomic E-state index is 14.0. The second-order valence-corrected chi connectivity index (χ2v) is 9.98. The summed E-state index contributed by atoms with van der Waals surface area (Å²) in [6.45, 7) is 0. The summed E-state index contributed by atoms with van der Waals surface area (Å²) in [5.41, 5.74) is 4.76. The highest BCUT2D eigenvalue weighted by atomic mass is 35.5. The van der Waals surface area contributed by atoms with Crippen molar-refractivity contribution in [1.82, 2.24) is 9.30 Å². The number of carboxylic acids is 1. The van der Waals surface area contributed by atoms with E-state index in [2.05, 4.69) is 4.40 Å². The first-order valence-electron chi connectivity index (χ1n) is 11.8. The molecule has 5 nitrogen and oxygen atoms in total. The van der Waals surface area contributed by atoms with Crippen LogP contribution < -0.4 is 0 Å². The molecule has 1 N–H and O–H groups in total. The van der Waals surface area contributed by atoms with E-state index in [1.165, 1.54) is 0 Å². The summed E-state index contributed by atoms with van der Waals surface area (Å²) >= 11 is 6.12. The van der Waals surface area contributed by atoms with Gasteiger partial charge in [-0.15, -0.1) is 0 Å². The number of rotatable bonds is 5. The minimum absolute atomic E-state index is 0.0297. The molecule has 0 radical (unpaired) electrons. The van der Waals surface area contributed by atoms with Crippen molar-refractivity contribution in [3.05, 3.63) is 76.1 Å². The van der Waals surface area contributed by atoms with Crippen LogP contribution in [0, 0.1) is 0 Å². The van der Waals surface area contributed by atoms with Crippen LogP contribution in [0.25, 0.3) is 5.52 Å². The highest BCUT2D eigenvalue weighted by Gasteiger charge is 2.45. The number of nitrogens with zero attached hydrogens (tertiary/aromatic N) is 2. The number of amides is 1. The van der Waals surface area contributed by atoms with Gasteiger partial charge in [0.1, 0.15) is 0 Å². The monoisotopic (exact) mass is 464 g/mol. The molecule has 5 rings (SSSR count). The second-order valence-electron chi connectivity index (χ2n) is 9.54. The van der Waals surface area contributed by atoms with E-state index in [1.54, 1.807) is 0 Å². The van der Waals surface area contributed by atoms with Crippen molar-refractivity contribution in [2.75, 3.05) is 7.05 Å². The molecule has 1 aromatic carbocycles. The zero-order chi connectivity index (χ0) is 23.2. The summed E-state index contributed by atoms with van der Waals surface area (Å²) in [5.74, 6) is -0.614. The van der Waals surface area contributed by atoms with Crippen LogP contribution in [0.1, 0.15) is 54.5 Å². The third-order valence-electron chi connectivity index (χ3n) is 7.79. The molecule has 3 aromatic rings. The highest BCUT2D eigenvalue weighted by molar-refractivity contribution is 6.30. The smallest absolute Gasteiger partial charge is 0.307 e. The molecule has 6 heteroatoms. The zero-order valence-electron chi connectivity index (χ0n) is 18.9. The molecular weight excluding hydrogens is 436 g/mol. The van der Waals surface area contributed by atoms with Gasteiger partial charge in [-0.2, -0.15) is 0 Å². The van der Waals surface area contributed by atoms with Gasteiger partial charge in [0.05, 0.1) is 11.8 Å². The van der Waals surface area contributed by atoms with Gasteiger partial charge in [-0.3, -0.25) is 9.59 Å².